The van der Waals surface area contributed by atoms with Crippen LogP contribution in [0.3, 0.4) is 0 Å². The molecule has 1 aromatic rings. The van der Waals surface area contributed by atoms with Gasteiger partial charge in [0, 0.05) is 26.7 Å². The molecule has 1 heterocycles. The van der Waals surface area contributed by atoms with Gasteiger partial charge < -0.3 is 10.1 Å². The van der Waals surface area contributed by atoms with E-state index in [9.17, 15) is 0 Å². The van der Waals surface area contributed by atoms with Crippen LogP contribution in [-0.4, -0.2) is 37.7 Å². The van der Waals surface area contributed by atoms with Gasteiger partial charge in [0.1, 0.15) is 0 Å². The van der Waals surface area contributed by atoms with Crippen molar-refractivity contribution in [1.29, 1.82) is 0 Å². The van der Waals surface area contributed by atoms with E-state index in [0.29, 0.717) is 12.0 Å². The molecule has 0 amide bonds. The SMILES string of the molecule is CCNCc1ccc(CN2CCC(C)C(OC)C2)cc1. The van der Waals surface area contributed by atoms with E-state index in [1.165, 1.54) is 24.1 Å². The Morgan fingerprint density at radius 3 is 2.60 bits per heavy atom. The Morgan fingerprint density at radius 2 is 1.95 bits per heavy atom. The third-order valence-electron chi connectivity index (χ3n) is 4.28. The molecule has 0 saturated carbocycles. The van der Waals surface area contributed by atoms with Crippen LogP contribution in [0, 0.1) is 5.92 Å². The van der Waals surface area contributed by atoms with E-state index < -0.39 is 0 Å². The molecule has 1 aliphatic heterocycles. The lowest BCUT2D eigenvalue weighted by atomic mass is 9.95. The Kier molecular flexibility index (Phi) is 6.02. The summed E-state index contributed by atoms with van der Waals surface area (Å²) in [5.74, 6) is 0.679. The van der Waals surface area contributed by atoms with Crippen LogP contribution in [0.25, 0.3) is 0 Å². The molecular weight excluding hydrogens is 248 g/mol. The summed E-state index contributed by atoms with van der Waals surface area (Å²) in [6, 6.07) is 8.98. The van der Waals surface area contributed by atoms with Gasteiger partial charge in [0.05, 0.1) is 6.10 Å². The second kappa shape index (κ2) is 7.77. The Morgan fingerprint density at radius 1 is 1.25 bits per heavy atom. The zero-order chi connectivity index (χ0) is 14.4. The number of benzene rings is 1. The van der Waals surface area contributed by atoms with Crippen molar-refractivity contribution in [2.24, 2.45) is 5.92 Å². The zero-order valence-electron chi connectivity index (χ0n) is 13.1. The smallest absolute Gasteiger partial charge is 0.0724 e. The number of likely N-dealkylation sites (tertiary alicyclic amines) is 1. The Bertz CT molecular complexity index is 390. The monoisotopic (exact) mass is 276 g/mol. The number of nitrogens with one attached hydrogen (secondary N) is 1. The van der Waals surface area contributed by atoms with Crippen molar-refractivity contribution in [3.8, 4) is 0 Å². The molecule has 1 fully saturated rings. The van der Waals surface area contributed by atoms with Crippen LogP contribution < -0.4 is 5.32 Å². The van der Waals surface area contributed by atoms with Crippen molar-refractivity contribution >= 4 is 0 Å². The predicted molar refractivity (Wildman–Crippen MR) is 83.7 cm³/mol. The van der Waals surface area contributed by atoms with Gasteiger partial charge in [-0.1, -0.05) is 38.1 Å². The fraction of sp³-hybridized carbons (Fsp3) is 0.647. The molecule has 112 valence electrons. The summed E-state index contributed by atoms with van der Waals surface area (Å²) in [5.41, 5.74) is 2.76. The fourth-order valence-electron chi connectivity index (χ4n) is 2.84. The first-order valence-electron chi connectivity index (χ1n) is 7.76. The first-order chi connectivity index (χ1) is 9.72. The number of ether oxygens (including phenoxy) is 1. The molecule has 1 N–H and O–H groups in total. The average Bonchev–Trinajstić information content (AvgIpc) is 2.48. The lowest BCUT2D eigenvalue weighted by Crippen LogP contribution is -2.43. The molecule has 2 unspecified atom stereocenters. The predicted octanol–water partition coefficient (Wildman–Crippen LogP) is 2.65. The van der Waals surface area contributed by atoms with Crippen LogP contribution in [0.2, 0.25) is 0 Å². The maximum atomic E-state index is 5.58. The molecule has 1 saturated heterocycles. The highest BCUT2D eigenvalue weighted by molar-refractivity contribution is 5.22. The quantitative estimate of drug-likeness (QED) is 0.864. The Hall–Kier alpha value is -0.900. The van der Waals surface area contributed by atoms with Gasteiger partial charge in [0.15, 0.2) is 0 Å². The average molecular weight is 276 g/mol. The van der Waals surface area contributed by atoms with Crippen molar-refractivity contribution in [3.63, 3.8) is 0 Å². The van der Waals surface area contributed by atoms with Crippen LogP contribution >= 0.6 is 0 Å². The Balaban J connectivity index is 1.86. The zero-order valence-corrected chi connectivity index (χ0v) is 13.1. The minimum absolute atomic E-state index is 0.386. The third-order valence-corrected chi connectivity index (χ3v) is 4.28. The van der Waals surface area contributed by atoms with Gasteiger partial charge in [-0.15, -0.1) is 0 Å². The van der Waals surface area contributed by atoms with Crippen molar-refractivity contribution in [2.75, 3.05) is 26.7 Å². The summed E-state index contributed by atoms with van der Waals surface area (Å²) >= 11 is 0. The van der Waals surface area contributed by atoms with Crippen molar-refractivity contribution in [1.82, 2.24) is 10.2 Å². The molecular formula is C17H28N2O. The van der Waals surface area contributed by atoms with E-state index in [-0.39, 0.29) is 0 Å². The summed E-state index contributed by atoms with van der Waals surface area (Å²) < 4.78 is 5.58. The van der Waals surface area contributed by atoms with Gasteiger partial charge in [-0.05, 0) is 36.6 Å². The lowest BCUT2D eigenvalue weighted by Gasteiger charge is -2.36. The number of rotatable bonds is 6. The first kappa shape index (κ1) is 15.5. The minimum atomic E-state index is 0.386. The molecule has 2 atom stereocenters. The summed E-state index contributed by atoms with van der Waals surface area (Å²) in [4.78, 5) is 2.51. The number of piperidine rings is 1. The molecule has 2 rings (SSSR count). The second-order valence-corrected chi connectivity index (χ2v) is 5.87. The molecule has 0 spiro atoms. The van der Waals surface area contributed by atoms with Crippen LogP contribution in [0.15, 0.2) is 24.3 Å². The van der Waals surface area contributed by atoms with Crippen molar-refractivity contribution in [2.45, 2.75) is 39.5 Å². The maximum absolute atomic E-state index is 5.58. The van der Waals surface area contributed by atoms with Crippen molar-refractivity contribution < 1.29 is 4.74 Å². The number of nitrogens with zero attached hydrogens (tertiary/aromatic N) is 1. The Labute approximate surface area is 123 Å². The van der Waals surface area contributed by atoms with Crippen molar-refractivity contribution in [3.05, 3.63) is 35.4 Å². The highest BCUT2D eigenvalue weighted by Gasteiger charge is 2.25. The highest BCUT2D eigenvalue weighted by Crippen LogP contribution is 2.21. The number of methoxy groups -OCH3 is 1. The van der Waals surface area contributed by atoms with E-state index in [4.69, 9.17) is 4.74 Å². The van der Waals surface area contributed by atoms with E-state index in [1.807, 2.05) is 7.11 Å². The van der Waals surface area contributed by atoms with Crippen LogP contribution in [0.1, 0.15) is 31.4 Å². The van der Waals surface area contributed by atoms with Crippen LogP contribution in [0.4, 0.5) is 0 Å². The van der Waals surface area contributed by atoms with Gasteiger partial charge in [-0.3, -0.25) is 4.90 Å². The molecule has 3 nitrogen and oxygen atoms in total. The number of hydrogen-bond donors (Lipinski definition) is 1. The summed E-state index contributed by atoms with van der Waals surface area (Å²) in [6.45, 7) is 9.68. The van der Waals surface area contributed by atoms with Gasteiger partial charge in [0.2, 0.25) is 0 Å². The van der Waals surface area contributed by atoms with Gasteiger partial charge in [-0.2, -0.15) is 0 Å². The van der Waals surface area contributed by atoms with E-state index >= 15 is 0 Å². The minimum Gasteiger partial charge on any atom is -0.380 e. The molecule has 0 bridgehead atoms. The van der Waals surface area contributed by atoms with Gasteiger partial charge in [0.25, 0.3) is 0 Å². The maximum Gasteiger partial charge on any atom is 0.0724 e. The normalized spacial score (nSPS) is 23.9. The largest absolute Gasteiger partial charge is 0.380 e. The lowest BCUT2D eigenvalue weighted by molar-refractivity contribution is -0.00744. The van der Waals surface area contributed by atoms with Gasteiger partial charge >= 0.3 is 0 Å². The molecule has 20 heavy (non-hydrogen) atoms. The van der Waals surface area contributed by atoms with E-state index in [0.717, 1.165) is 26.2 Å². The summed E-state index contributed by atoms with van der Waals surface area (Å²) in [7, 11) is 1.83. The summed E-state index contributed by atoms with van der Waals surface area (Å²) in [5, 5.41) is 3.36. The second-order valence-electron chi connectivity index (χ2n) is 5.87. The molecule has 1 aromatic carbocycles. The topological polar surface area (TPSA) is 24.5 Å². The molecule has 0 aromatic heterocycles. The molecule has 3 heteroatoms. The molecule has 0 aliphatic carbocycles. The fourth-order valence-corrected chi connectivity index (χ4v) is 2.84. The molecule has 0 radical (unpaired) electrons. The van der Waals surface area contributed by atoms with Crippen LogP contribution in [0.5, 0.6) is 0 Å². The van der Waals surface area contributed by atoms with E-state index in [2.05, 4.69) is 48.3 Å². The highest BCUT2D eigenvalue weighted by atomic mass is 16.5. The van der Waals surface area contributed by atoms with E-state index in [1.54, 1.807) is 0 Å². The first-order valence-corrected chi connectivity index (χ1v) is 7.76. The van der Waals surface area contributed by atoms with Crippen LogP contribution in [-0.2, 0) is 17.8 Å². The molecule has 1 aliphatic rings. The third kappa shape index (κ3) is 4.30. The number of hydrogen-bond acceptors (Lipinski definition) is 3. The summed E-state index contributed by atoms with van der Waals surface area (Å²) in [6.07, 6.45) is 1.62. The standard InChI is InChI=1S/C17H28N2O/c1-4-18-11-15-5-7-16(8-6-15)12-19-10-9-14(2)17(13-19)20-3/h5-8,14,17-18H,4,9-13H2,1-3H3. The van der Waals surface area contributed by atoms with Gasteiger partial charge in [-0.25, -0.2) is 0 Å².